The van der Waals surface area contributed by atoms with Crippen LogP contribution >= 0.6 is 0 Å². The molecule has 0 radical (unpaired) electrons. The van der Waals surface area contributed by atoms with Crippen molar-refractivity contribution in [2.75, 3.05) is 33.2 Å². The van der Waals surface area contributed by atoms with Crippen molar-refractivity contribution in [2.24, 2.45) is 11.8 Å². The number of piperidine rings is 2. The van der Waals surface area contributed by atoms with Gasteiger partial charge in [0.15, 0.2) is 0 Å². The van der Waals surface area contributed by atoms with Crippen LogP contribution < -0.4 is 0 Å². The standard InChI is InChI=1S/C20H30N2O/c1-21-15-19(9-10-20(21)23)16-22-13-11-18(12-14-22)8-7-17-5-3-2-4-6-17/h2-6,18-19H,7-16H2,1H3. The second kappa shape index (κ2) is 7.96. The number of hydrogen-bond donors (Lipinski definition) is 0. The molecule has 1 amide bonds. The van der Waals surface area contributed by atoms with Gasteiger partial charge in [-0.3, -0.25) is 4.79 Å². The molecule has 0 saturated carbocycles. The Bertz CT molecular complexity index is 494. The van der Waals surface area contributed by atoms with Crippen LogP contribution in [0.3, 0.4) is 0 Å². The van der Waals surface area contributed by atoms with Gasteiger partial charge in [0.25, 0.3) is 0 Å². The van der Waals surface area contributed by atoms with Gasteiger partial charge in [0.05, 0.1) is 0 Å². The summed E-state index contributed by atoms with van der Waals surface area (Å²) >= 11 is 0. The molecule has 2 saturated heterocycles. The van der Waals surface area contributed by atoms with Crippen molar-refractivity contribution >= 4 is 5.91 Å². The molecule has 0 N–H and O–H groups in total. The number of likely N-dealkylation sites (tertiary alicyclic amines) is 2. The van der Waals surface area contributed by atoms with Gasteiger partial charge in [-0.2, -0.15) is 0 Å². The molecule has 2 aliphatic heterocycles. The van der Waals surface area contributed by atoms with Crippen LogP contribution in [0.1, 0.15) is 37.7 Å². The monoisotopic (exact) mass is 314 g/mol. The van der Waals surface area contributed by atoms with E-state index in [2.05, 4.69) is 35.2 Å². The summed E-state index contributed by atoms with van der Waals surface area (Å²) in [4.78, 5) is 16.1. The minimum atomic E-state index is 0.320. The minimum absolute atomic E-state index is 0.320. The third-order valence-corrected chi connectivity index (χ3v) is 5.63. The normalized spacial score (nSPS) is 24.1. The van der Waals surface area contributed by atoms with Gasteiger partial charge in [0.1, 0.15) is 0 Å². The first kappa shape index (κ1) is 16.5. The number of aryl methyl sites for hydroxylation is 1. The van der Waals surface area contributed by atoms with E-state index >= 15 is 0 Å². The topological polar surface area (TPSA) is 23.6 Å². The maximum atomic E-state index is 11.6. The average molecular weight is 314 g/mol. The molecule has 0 bridgehead atoms. The summed E-state index contributed by atoms with van der Waals surface area (Å²) in [5.41, 5.74) is 1.48. The fraction of sp³-hybridized carbons (Fsp3) is 0.650. The predicted octanol–water partition coefficient (Wildman–Crippen LogP) is 3.20. The van der Waals surface area contributed by atoms with Crippen molar-refractivity contribution in [3.8, 4) is 0 Å². The van der Waals surface area contributed by atoms with Crippen LogP contribution in [0.15, 0.2) is 30.3 Å². The summed E-state index contributed by atoms with van der Waals surface area (Å²) in [7, 11) is 1.95. The molecule has 1 atom stereocenters. The van der Waals surface area contributed by atoms with Crippen LogP contribution in [0.25, 0.3) is 0 Å². The molecule has 3 rings (SSSR count). The van der Waals surface area contributed by atoms with Crippen LogP contribution in [0, 0.1) is 11.8 Å². The zero-order valence-electron chi connectivity index (χ0n) is 14.4. The molecule has 2 heterocycles. The molecule has 0 spiro atoms. The molecule has 1 aromatic carbocycles. The number of rotatable bonds is 5. The molecule has 1 aromatic rings. The first-order chi connectivity index (χ1) is 11.2. The molecular weight excluding hydrogens is 284 g/mol. The minimum Gasteiger partial charge on any atom is -0.345 e. The molecule has 1 unspecified atom stereocenters. The Kier molecular flexibility index (Phi) is 5.71. The number of hydrogen-bond acceptors (Lipinski definition) is 2. The van der Waals surface area contributed by atoms with Crippen molar-refractivity contribution in [3.05, 3.63) is 35.9 Å². The first-order valence-electron chi connectivity index (χ1n) is 9.21. The fourth-order valence-electron chi connectivity index (χ4n) is 4.09. The zero-order chi connectivity index (χ0) is 16.1. The Morgan fingerprint density at radius 2 is 1.78 bits per heavy atom. The molecule has 0 aliphatic carbocycles. The lowest BCUT2D eigenvalue weighted by Crippen LogP contribution is -2.44. The Labute approximate surface area is 140 Å². The number of amides is 1. The Morgan fingerprint density at radius 1 is 1.04 bits per heavy atom. The van der Waals surface area contributed by atoms with Gasteiger partial charge in [0.2, 0.25) is 5.91 Å². The van der Waals surface area contributed by atoms with E-state index in [0.29, 0.717) is 11.8 Å². The van der Waals surface area contributed by atoms with Gasteiger partial charge >= 0.3 is 0 Å². The highest BCUT2D eigenvalue weighted by Crippen LogP contribution is 2.25. The molecule has 23 heavy (non-hydrogen) atoms. The second-order valence-electron chi connectivity index (χ2n) is 7.45. The van der Waals surface area contributed by atoms with Crippen LogP contribution in [-0.4, -0.2) is 48.9 Å². The van der Waals surface area contributed by atoms with Gasteiger partial charge in [-0.15, -0.1) is 0 Å². The lowest BCUT2D eigenvalue weighted by atomic mass is 9.89. The maximum absolute atomic E-state index is 11.6. The maximum Gasteiger partial charge on any atom is 0.222 e. The highest BCUT2D eigenvalue weighted by Gasteiger charge is 2.26. The van der Waals surface area contributed by atoms with E-state index in [4.69, 9.17) is 0 Å². The molecular formula is C20H30N2O. The van der Waals surface area contributed by atoms with Gasteiger partial charge in [-0.05, 0) is 62.6 Å². The largest absolute Gasteiger partial charge is 0.345 e. The van der Waals surface area contributed by atoms with E-state index in [1.165, 1.54) is 50.9 Å². The van der Waals surface area contributed by atoms with E-state index in [0.717, 1.165) is 25.3 Å². The van der Waals surface area contributed by atoms with Crippen LogP contribution in [0.5, 0.6) is 0 Å². The Hall–Kier alpha value is -1.35. The molecule has 3 heteroatoms. The lowest BCUT2D eigenvalue weighted by molar-refractivity contribution is -0.133. The molecule has 3 nitrogen and oxygen atoms in total. The molecule has 2 fully saturated rings. The Balaban J connectivity index is 1.36. The van der Waals surface area contributed by atoms with Crippen molar-refractivity contribution in [1.29, 1.82) is 0 Å². The first-order valence-corrected chi connectivity index (χ1v) is 9.21. The summed E-state index contributed by atoms with van der Waals surface area (Å²) < 4.78 is 0. The van der Waals surface area contributed by atoms with E-state index in [1.54, 1.807) is 0 Å². The smallest absolute Gasteiger partial charge is 0.222 e. The highest BCUT2D eigenvalue weighted by atomic mass is 16.2. The quantitative estimate of drug-likeness (QED) is 0.833. The zero-order valence-corrected chi connectivity index (χ0v) is 14.4. The number of carbonyl (C=O) groups is 1. The van der Waals surface area contributed by atoms with Gasteiger partial charge < -0.3 is 9.80 Å². The van der Waals surface area contributed by atoms with E-state index in [-0.39, 0.29) is 0 Å². The van der Waals surface area contributed by atoms with Crippen molar-refractivity contribution in [3.63, 3.8) is 0 Å². The van der Waals surface area contributed by atoms with Crippen LogP contribution in [-0.2, 0) is 11.2 Å². The third-order valence-electron chi connectivity index (χ3n) is 5.63. The third kappa shape index (κ3) is 4.81. The van der Waals surface area contributed by atoms with Gasteiger partial charge in [-0.1, -0.05) is 30.3 Å². The van der Waals surface area contributed by atoms with Gasteiger partial charge in [0, 0.05) is 26.6 Å². The van der Waals surface area contributed by atoms with Crippen molar-refractivity contribution in [1.82, 2.24) is 9.80 Å². The Morgan fingerprint density at radius 3 is 2.48 bits per heavy atom. The van der Waals surface area contributed by atoms with E-state index < -0.39 is 0 Å². The fourth-order valence-corrected chi connectivity index (χ4v) is 4.09. The lowest BCUT2D eigenvalue weighted by Gasteiger charge is -2.37. The average Bonchev–Trinajstić information content (AvgIpc) is 2.58. The number of nitrogens with zero attached hydrogens (tertiary/aromatic N) is 2. The van der Waals surface area contributed by atoms with Gasteiger partial charge in [-0.25, -0.2) is 0 Å². The number of benzene rings is 1. The summed E-state index contributed by atoms with van der Waals surface area (Å²) in [5.74, 6) is 1.89. The van der Waals surface area contributed by atoms with E-state index in [1.807, 2.05) is 11.9 Å². The van der Waals surface area contributed by atoms with Crippen molar-refractivity contribution < 1.29 is 4.79 Å². The van der Waals surface area contributed by atoms with Crippen molar-refractivity contribution in [2.45, 2.75) is 38.5 Å². The summed E-state index contributed by atoms with van der Waals surface area (Å²) in [6.07, 6.45) is 7.06. The summed E-state index contributed by atoms with van der Waals surface area (Å²) in [6.45, 7) is 4.62. The predicted molar refractivity (Wildman–Crippen MR) is 94.3 cm³/mol. The highest BCUT2D eigenvalue weighted by molar-refractivity contribution is 5.76. The molecule has 0 aromatic heterocycles. The summed E-state index contributed by atoms with van der Waals surface area (Å²) in [6, 6.07) is 10.9. The van der Waals surface area contributed by atoms with Crippen LogP contribution in [0.2, 0.25) is 0 Å². The second-order valence-corrected chi connectivity index (χ2v) is 7.45. The van der Waals surface area contributed by atoms with E-state index in [9.17, 15) is 4.79 Å². The molecule has 2 aliphatic rings. The summed E-state index contributed by atoms with van der Waals surface area (Å²) in [5, 5.41) is 0. The number of carbonyl (C=O) groups excluding carboxylic acids is 1. The molecule has 126 valence electrons. The van der Waals surface area contributed by atoms with Crippen LogP contribution in [0.4, 0.5) is 0 Å². The SMILES string of the molecule is CN1CC(CN2CCC(CCc3ccccc3)CC2)CCC1=O.